The molecule has 3 amide bonds. The summed E-state index contributed by atoms with van der Waals surface area (Å²) in [7, 11) is -1.27. The Morgan fingerprint density at radius 3 is 2.10 bits per heavy atom. The number of carbonyl (C=O) groups is 3. The van der Waals surface area contributed by atoms with Crippen LogP contribution in [0.4, 0.5) is 14.5 Å². The van der Waals surface area contributed by atoms with E-state index in [1.807, 2.05) is 30.3 Å². The van der Waals surface area contributed by atoms with Gasteiger partial charge < -0.3 is 30.5 Å². The molecule has 4 atom stereocenters. The first kappa shape index (κ1) is 37.2. The molecule has 0 saturated heterocycles. The highest BCUT2D eigenvalue weighted by Gasteiger charge is 2.32. The highest BCUT2D eigenvalue weighted by Crippen LogP contribution is 2.23. The number of benzene rings is 3. The molecule has 4 N–H and O–H groups in total. The second kappa shape index (κ2) is 16.2. The number of carbonyl (C=O) groups excluding carboxylic acids is 3. The molecule has 0 radical (unpaired) electrons. The number of halogens is 2. The van der Waals surface area contributed by atoms with Crippen molar-refractivity contribution in [3.8, 4) is 5.75 Å². The van der Waals surface area contributed by atoms with Crippen molar-refractivity contribution in [2.75, 3.05) is 31.3 Å². The van der Waals surface area contributed by atoms with Crippen LogP contribution in [0.5, 0.6) is 5.75 Å². The fraction of sp³-hybridized carbons (Fsp3) is 0.382. The Morgan fingerprint density at radius 1 is 0.959 bits per heavy atom. The van der Waals surface area contributed by atoms with Gasteiger partial charge in [-0.3, -0.25) is 18.7 Å². The average Bonchev–Trinajstić information content (AvgIpc) is 3.88. The van der Waals surface area contributed by atoms with Crippen LogP contribution in [0.1, 0.15) is 58.5 Å². The Bertz CT molecular complexity index is 1740. The van der Waals surface area contributed by atoms with Crippen LogP contribution in [0.25, 0.3) is 0 Å². The molecule has 49 heavy (non-hydrogen) atoms. The molecule has 264 valence electrons. The van der Waals surface area contributed by atoms with E-state index in [0.717, 1.165) is 41.1 Å². The Balaban J connectivity index is 1.62. The third kappa shape index (κ3) is 10.7. The molecule has 0 unspecified atom stereocenters. The van der Waals surface area contributed by atoms with Crippen LogP contribution in [-0.4, -0.2) is 82.6 Å². The molecule has 12 nitrogen and oxygen atoms in total. The SMILES string of the molecule is CO[C@H](C[C@H](O)[C@H](COc1cc(F)cc(F)c1)NC(=O)c1cc(C(=O)N[C@H](C)c2ccccc2)cc(N(C)S(C)(=O)=O)c1)C(=O)NC1CC1. The van der Waals surface area contributed by atoms with Crippen molar-refractivity contribution in [2.45, 2.75) is 56.5 Å². The summed E-state index contributed by atoms with van der Waals surface area (Å²) in [6, 6.07) is 13.7. The summed E-state index contributed by atoms with van der Waals surface area (Å²) >= 11 is 0. The zero-order chi connectivity index (χ0) is 35.9. The smallest absolute Gasteiger partial charge is 0.251 e. The number of nitrogens with one attached hydrogen (secondary N) is 3. The van der Waals surface area contributed by atoms with Crippen LogP contribution < -0.4 is 25.0 Å². The van der Waals surface area contributed by atoms with Crippen LogP contribution in [0.15, 0.2) is 66.7 Å². The molecule has 4 rings (SSSR count). The van der Waals surface area contributed by atoms with Gasteiger partial charge in [-0.05, 0) is 43.5 Å². The molecule has 0 heterocycles. The van der Waals surface area contributed by atoms with Gasteiger partial charge in [-0.1, -0.05) is 30.3 Å². The molecule has 1 saturated carbocycles. The van der Waals surface area contributed by atoms with E-state index in [-0.39, 0.29) is 35.0 Å². The summed E-state index contributed by atoms with van der Waals surface area (Å²) in [6.45, 7) is 1.27. The van der Waals surface area contributed by atoms with E-state index in [4.69, 9.17) is 9.47 Å². The van der Waals surface area contributed by atoms with Crippen LogP contribution in [0, 0.1) is 11.6 Å². The predicted octanol–water partition coefficient (Wildman–Crippen LogP) is 3.07. The highest BCUT2D eigenvalue weighted by molar-refractivity contribution is 7.92. The Labute approximate surface area is 283 Å². The Morgan fingerprint density at radius 2 is 1.55 bits per heavy atom. The van der Waals surface area contributed by atoms with Crippen molar-refractivity contribution in [2.24, 2.45) is 0 Å². The fourth-order valence-corrected chi connectivity index (χ4v) is 5.35. The number of sulfonamides is 1. The first-order chi connectivity index (χ1) is 23.1. The topological polar surface area (TPSA) is 163 Å². The van der Waals surface area contributed by atoms with Crippen LogP contribution in [-0.2, 0) is 19.6 Å². The summed E-state index contributed by atoms with van der Waals surface area (Å²) in [5, 5.41) is 19.5. The fourth-order valence-electron chi connectivity index (χ4n) is 4.87. The number of nitrogens with zero attached hydrogens (tertiary/aromatic N) is 1. The van der Waals surface area contributed by atoms with E-state index >= 15 is 0 Å². The minimum Gasteiger partial charge on any atom is -0.491 e. The van der Waals surface area contributed by atoms with Gasteiger partial charge in [0.15, 0.2) is 0 Å². The van der Waals surface area contributed by atoms with Gasteiger partial charge in [-0.2, -0.15) is 0 Å². The van der Waals surface area contributed by atoms with Crippen molar-refractivity contribution in [1.29, 1.82) is 0 Å². The van der Waals surface area contributed by atoms with Gasteiger partial charge in [0, 0.05) is 55.9 Å². The lowest BCUT2D eigenvalue weighted by Crippen LogP contribution is -2.50. The second-order valence-corrected chi connectivity index (χ2v) is 13.9. The third-order valence-corrected chi connectivity index (χ3v) is 9.16. The van der Waals surface area contributed by atoms with Crippen molar-refractivity contribution < 1.29 is 46.2 Å². The van der Waals surface area contributed by atoms with E-state index in [2.05, 4.69) is 16.0 Å². The molecular weight excluding hydrogens is 662 g/mol. The van der Waals surface area contributed by atoms with Gasteiger partial charge in [-0.25, -0.2) is 17.2 Å². The summed E-state index contributed by atoms with van der Waals surface area (Å²) in [5.74, 6) is -3.94. The molecule has 1 aliphatic rings. The summed E-state index contributed by atoms with van der Waals surface area (Å²) in [5.41, 5.74) is 0.649. The van der Waals surface area contributed by atoms with Crippen molar-refractivity contribution in [3.63, 3.8) is 0 Å². The molecular formula is C34H40F2N4O8S. The zero-order valence-corrected chi connectivity index (χ0v) is 28.3. The van der Waals surface area contributed by atoms with Crippen molar-refractivity contribution in [3.05, 3.63) is 95.1 Å². The van der Waals surface area contributed by atoms with Gasteiger partial charge in [0.25, 0.3) is 11.8 Å². The normalized spacial score (nSPS) is 15.3. The van der Waals surface area contributed by atoms with E-state index in [1.165, 1.54) is 32.4 Å². The van der Waals surface area contributed by atoms with Gasteiger partial charge in [-0.15, -0.1) is 0 Å². The van der Waals surface area contributed by atoms with Crippen molar-refractivity contribution in [1.82, 2.24) is 16.0 Å². The average molecular weight is 703 g/mol. The standard InChI is InChI=1S/C34H40F2N4O8S/c1-20(21-8-6-5-7-9-21)37-32(42)22-12-23(14-27(13-22)40(2)49(4,45)46)33(43)39-29(19-48-28-16-24(35)15-25(36)17-28)30(41)18-31(47-3)34(44)38-26-10-11-26/h5-9,12-17,20,26,29-31,41H,10-11,18-19H2,1-4H3,(H,37,42)(H,38,44)(H,39,43)/t20-,29+,30+,31-/m1/s1. The number of rotatable bonds is 16. The monoisotopic (exact) mass is 702 g/mol. The molecule has 0 aliphatic heterocycles. The maximum absolute atomic E-state index is 13.8. The number of anilines is 1. The molecule has 0 bridgehead atoms. The highest BCUT2D eigenvalue weighted by atomic mass is 32.2. The number of methoxy groups -OCH3 is 1. The number of amides is 3. The molecule has 1 fully saturated rings. The van der Waals surface area contributed by atoms with Crippen LogP contribution in [0.3, 0.4) is 0 Å². The second-order valence-electron chi connectivity index (χ2n) is 11.9. The van der Waals surface area contributed by atoms with E-state index < -0.39 is 70.3 Å². The molecule has 15 heteroatoms. The molecule has 0 spiro atoms. The minimum absolute atomic E-state index is 0.00689. The maximum atomic E-state index is 13.8. The van der Waals surface area contributed by atoms with E-state index in [9.17, 15) is 36.7 Å². The first-order valence-electron chi connectivity index (χ1n) is 15.5. The molecule has 1 aliphatic carbocycles. The summed E-state index contributed by atoms with van der Waals surface area (Å²) < 4.78 is 64.3. The van der Waals surface area contributed by atoms with E-state index in [1.54, 1.807) is 6.92 Å². The van der Waals surface area contributed by atoms with E-state index in [0.29, 0.717) is 6.07 Å². The van der Waals surface area contributed by atoms with Gasteiger partial charge in [0.1, 0.15) is 30.1 Å². The predicted molar refractivity (Wildman–Crippen MR) is 178 cm³/mol. The maximum Gasteiger partial charge on any atom is 0.251 e. The summed E-state index contributed by atoms with van der Waals surface area (Å²) in [6.07, 6.45) is -0.270. The van der Waals surface area contributed by atoms with Crippen molar-refractivity contribution >= 4 is 33.4 Å². The number of aliphatic hydroxyl groups excluding tert-OH is 1. The quantitative estimate of drug-likeness (QED) is 0.177. The number of hydrogen-bond acceptors (Lipinski definition) is 8. The lowest BCUT2D eigenvalue weighted by atomic mass is 10.0. The van der Waals surface area contributed by atoms with Gasteiger partial charge >= 0.3 is 0 Å². The summed E-state index contributed by atoms with van der Waals surface area (Å²) in [4.78, 5) is 39.8. The third-order valence-electron chi connectivity index (χ3n) is 7.95. The molecule has 0 aromatic heterocycles. The number of ether oxygens (including phenoxy) is 2. The Hall–Kier alpha value is -4.60. The Kier molecular flexibility index (Phi) is 12.3. The first-order valence-corrected chi connectivity index (χ1v) is 17.3. The number of hydrogen-bond donors (Lipinski definition) is 4. The van der Waals surface area contributed by atoms with Crippen LogP contribution >= 0.6 is 0 Å². The largest absolute Gasteiger partial charge is 0.491 e. The lowest BCUT2D eigenvalue weighted by molar-refractivity contribution is -0.133. The lowest BCUT2D eigenvalue weighted by Gasteiger charge is -2.27. The van der Waals surface area contributed by atoms with Crippen LogP contribution in [0.2, 0.25) is 0 Å². The molecule has 3 aromatic rings. The van der Waals surface area contributed by atoms with Gasteiger partial charge in [0.2, 0.25) is 15.9 Å². The zero-order valence-electron chi connectivity index (χ0n) is 27.5. The number of aliphatic hydroxyl groups is 1. The minimum atomic E-state index is -3.82. The van der Waals surface area contributed by atoms with Gasteiger partial charge in [0.05, 0.1) is 30.1 Å². The molecule has 3 aromatic carbocycles.